The summed E-state index contributed by atoms with van der Waals surface area (Å²) in [5, 5.41) is 4.00. The highest BCUT2D eigenvalue weighted by Gasteiger charge is 2.26. The third-order valence-electron chi connectivity index (χ3n) is 3.56. The number of carbonyl (C=O) groups is 1. The zero-order chi connectivity index (χ0) is 13.9. The molecule has 0 aromatic heterocycles. The SMILES string of the molecule is O=CNNN(C=S)c1ccc(C2CC2)c2ccccc12. The summed E-state index contributed by atoms with van der Waals surface area (Å²) in [4.78, 5) is 10.4. The Balaban J connectivity index is 2.09. The van der Waals surface area contributed by atoms with Gasteiger partial charge in [-0.15, -0.1) is 5.53 Å². The predicted octanol–water partition coefficient (Wildman–Crippen LogP) is 2.65. The molecule has 4 nitrogen and oxygen atoms in total. The fourth-order valence-electron chi connectivity index (χ4n) is 2.51. The number of nitrogens with one attached hydrogen (secondary N) is 2. The van der Waals surface area contributed by atoms with Gasteiger partial charge in [-0.05, 0) is 35.8 Å². The van der Waals surface area contributed by atoms with Crippen LogP contribution in [0.1, 0.15) is 24.3 Å². The van der Waals surface area contributed by atoms with Gasteiger partial charge in [-0.2, -0.15) is 0 Å². The fraction of sp³-hybridized carbons (Fsp3) is 0.200. The molecule has 0 aliphatic heterocycles. The zero-order valence-electron chi connectivity index (χ0n) is 10.9. The summed E-state index contributed by atoms with van der Waals surface area (Å²) in [5.41, 5.74) is 8.95. The van der Waals surface area contributed by atoms with Crippen molar-refractivity contribution >= 4 is 40.6 Å². The molecule has 5 heteroatoms. The Hall–Kier alpha value is -1.98. The Morgan fingerprint density at radius 2 is 1.90 bits per heavy atom. The van der Waals surface area contributed by atoms with Gasteiger partial charge in [-0.25, -0.2) is 0 Å². The monoisotopic (exact) mass is 285 g/mol. The molecule has 20 heavy (non-hydrogen) atoms. The van der Waals surface area contributed by atoms with Crippen LogP contribution < -0.4 is 16.0 Å². The van der Waals surface area contributed by atoms with Gasteiger partial charge in [0.1, 0.15) is 0 Å². The lowest BCUT2D eigenvalue weighted by molar-refractivity contribution is -0.110. The van der Waals surface area contributed by atoms with Gasteiger partial charge in [0.15, 0.2) is 0 Å². The molecule has 1 saturated carbocycles. The number of fused-ring (bicyclic) bond motifs is 1. The topological polar surface area (TPSA) is 44.4 Å². The van der Waals surface area contributed by atoms with Crippen molar-refractivity contribution in [3.63, 3.8) is 0 Å². The second-order valence-corrected chi connectivity index (χ2v) is 5.05. The van der Waals surface area contributed by atoms with E-state index in [1.807, 2.05) is 12.1 Å². The van der Waals surface area contributed by atoms with Crippen LogP contribution in [0.4, 0.5) is 5.69 Å². The van der Waals surface area contributed by atoms with E-state index in [0.717, 1.165) is 11.1 Å². The molecule has 1 aliphatic rings. The number of thiocarbonyl (C=S) groups is 1. The van der Waals surface area contributed by atoms with Crippen LogP contribution in [0.25, 0.3) is 10.8 Å². The summed E-state index contributed by atoms with van der Waals surface area (Å²) in [5.74, 6) is 0.691. The molecule has 0 spiro atoms. The maximum Gasteiger partial charge on any atom is 0.222 e. The second-order valence-electron chi connectivity index (χ2n) is 4.84. The Bertz CT molecular complexity index is 655. The highest BCUT2D eigenvalue weighted by Crippen LogP contribution is 2.44. The van der Waals surface area contributed by atoms with Gasteiger partial charge in [0.05, 0.1) is 11.2 Å². The first-order valence-electron chi connectivity index (χ1n) is 6.56. The number of amides is 1. The van der Waals surface area contributed by atoms with Crippen LogP contribution in [0.2, 0.25) is 0 Å². The number of nitrogens with zero attached hydrogens (tertiary/aromatic N) is 1. The van der Waals surface area contributed by atoms with Gasteiger partial charge in [0.2, 0.25) is 6.41 Å². The van der Waals surface area contributed by atoms with Crippen molar-refractivity contribution in [1.82, 2.24) is 11.0 Å². The van der Waals surface area contributed by atoms with E-state index in [-0.39, 0.29) is 0 Å². The van der Waals surface area contributed by atoms with Gasteiger partial charge < -0.3 is 0 Å². The van der Waals surface area contributed by atoms with Crippen LogP contribution in [0.5, 0.6) is 0 Å². The van der Waals surface area contributed by atoms with Crippen molar-refractivity contribution in [3.05, 3.63) is 42.0 Å². The minimum Gasteiger partial charge on any atom is -0.277 e. The molecule has 0 bridgehead atoms. The lowest BCUT2D eigenvalue weighted by Gasteiger charge is -2.22. The molecule has 1 amide bonds. The van der Waals surface area contributed by atoms with Gasteiger partial charge in [0.25, 0.3) is 0 Å². The van der Waals surface area contributed by atoms with Gasteiger partial charge in [-0.3, -0.25) is 15.2 Å². The van der Waals surface area contributed by atoms with Gasteiger partial charge >= 0.3 is 0 Å². The number of hydrazine groups is 2. The van der Waals surface area contributed by atoms with Crippen LogP contribution in [0.3, 0.4) is 0 Å². The highest BCUT2D eigenvalue weighted by atomic mass is 32.1. The lowest BCUT2D eigenvalue weighted by atomic mass is 9.99. The molecular weight excluding hydrogens is 270 g/mol. The Labute approximate surface area is 122 Å². The summed E-state index contributed by atoms with van der Waals surface area (Å²) < 4.78 is 0. The predicted molar refractivity (Wildman–Crippen MR) is 84.4 cm³/mol. The number of rotatable bonds is 6. The molecule has 2 aromatic rings. The molecule has 102 valence electrons. The molecule has 0 saturated heterocycles. The summed E-state index contributed by atoms with van der Waals surface area (Å²) in [6, 6.07) is 12.5. The summed E-state index contributed by atoms with van der Waals surface area (Å²) in [6.07, 6.45) is 3.11. The maximum atomic E-state index is 10.4. The smallest absolute Gasteiger partial charge is 0.222 e. The van der Waals surface area contributed by atoms with Crippen LogP contribution in [-0.4, -0.2) is 11.9 Å². The Morgan fingerprint density at radius 3 is 2.55 bits per heavy atom. The van der Waals surface area contributed by atoms with Crippen LogP contribution >= 0.6 is 12.2 Å². The third kappa shape index (κ3) is 2.37. The number of hydrogen-bond donors (Lipinski definition) is 2. The van der Waals surface area contributed by atoms with E-state index < -0.39 is 0 Å². The van der Waals surface area contributed by atoms with Crippen LogP contribution in [-0.2, 0) is 4.79 Å². The standard InChI is InChI=1S/C15H15N3OS/c19-9-16-17-18(10-20)15-8-7-12(11-5-6-11)13-3-1-2-4-14(13)15/h1-4,7-11,17H,5-6H2,(H,16,19). The van der Waals surface area contributed by atoms with E-state index in [0.29, 0.717) is 12.3 Å². The Kier molecular flexibility index (Phi) is 3.62. The third-order valence-corrected chi connectivity index (χ3v) is 3.77. The number of anilines is 1. The maximum absolute atomic E-state index is 10.4. The molecule has 0 unspecified atom stereocenters. The van der Waals surface area contributed by atoms with E-state index in [4.69, 9.17) is 12.2 Å². The minimum absolute atomic E-state index is 0.576. The van der Waals surface area contributed by atoms with E-state index in [2.05, 4.69) is 35.2 Å². The summed E-state index contributed by atoms with van der Waals surface area (Å²) >= 11 is 5.01. The van der Waals surface area contributed by atoms with Crippen molar-refractivity contribution < 1.29 is 4.79 Å². The average Bonchev–Trinajstić information content (AvgIpc) is 3.32. The van der Waals surface area contributed by atoms with Gasteiger partial charge in [-0.1, -0.05) is 42.5 Å². The summed E-state index contributed by atoms with van der Waals surface area (Å²) in [6.45, 7) is 0. The molecule has 1 aliphatic carbocycles. The lowest BCUT2D eigenvalue weighted by Crippen LogP contribution is -2.45. The number of benzene rings is 2. The molecule has 0 heterocycles. The first kappa shape index (κ1) is 13.0. The highest BCUT2D eigenvalue weighted by molar-refractivity contribution is 7.79. The van der Waals surface area contributed by atoms with E-state index >= 15 is 0 Å². The van der Waals surface area contributed by atoms with Crippen molar-refractivity contribution in [1.29, 1.82) is 0 Å². The number of hydrogen-bond acceptors (Lipinski definition) is 3. The molecule has 2 N–H and O–H groups in total. The van der Waals surface area contributed by atoms with Gasteiger partial charge in [0, 0.05) is 5.39 Å². The molecular formula is C15H15N3OS. The van der Waals surface area contributed by atoms with Crippen LogP contribution in [0, 0.1) is 0 Å². The first-order valence-corrected chi connectivity index (χ1v) is 7.03. The Morgan fingerprint density at radius 1 is 1.15 bits per heavy atom. The second kappa shape index (κ2) is 5.56. The zero-order valence-corrected chi connectivity index (χ0v) is 11.7. The van der Waals surface area contributed by atoms with Crippen molar-refractivity contribution in [3.8, 4) is 0 Å². The van der Waals surface area contributed by atoms with E-state index in [1.54, 1.807) is 5.01 Å². The van der Waals surface area contributed by atoms with E-state index in [9.17, 15) is 4.79 Å². The van der Waals surface area contributed by atoms with Crippen molar-refractivity contribution in [2.24, 2.45) is 0 Å². The largest absolute Gasteiger partial charge is 0.277 e. The molecule has 0 atom stereocenters. The van der Waals surface area contributed by atoms with E-state index in [1.165, 1.54) is 29.3 Å². The molecule has 3 rings (SSSR count). The number of carbonyl (C=O) groups excluding carboxylic acids is 1. The normalized spacial score (nSPS) is 14.0. The molecule has 2 aromatic carbocycles. The first-order chi connectivity index (χ1) is 9.85. The fourth-order valence-corrected chi connectivity index (χ4v) is 2.67. The quantitative estimate of drug-likeness (QED) is 0.486. The minimum atomic E-state index is 0.576. The van der Waals surface area contributed by atoms with Crippen LogP contribution in [0.15, 0.2) is 36.4 Å². The molecule has 0 radical (unpaired) electrons. The van der Waals surface area contributed by atoms with Crippen molar-refractivity contribution in [2.45, 2.75) is 18.8 Å². The average molecular weight is 285 g/mol. The van der Waals surface area contributed by atoms with Crippen molar-refractivity contribution in [2.75, 3.05) is 5.01 Å². The summed E-state index contributed by atoms with van der Waals surface area (Å²) in [7, 11) is 0. The molecule has 1 fully saturated rings.